The van der Waals surface area contributed by atoms with Gasteiger partial charge in [-0.1, -0.05) is 48.5 Å². The predicted octanol–water partition coefficient (Wildman–Crippen LogP) is 2.69. The summed E-state index contributed by atoms with van der Waals surface area (Å²) < 4.78 is 1.85. The van der Waals surface area contributed by atoms with Gasteiger partial charge in [0.15, 0.2) is 0 Å². The first-order chi connectivity index (χ1) is 14.7. The second-order valence-corrected chi connectivity index (χ2v) is 7.30. The van der Waals surface area contributed by atoms with Gasteiger partial charge in [0, 0.05) is 56.1 Å². The molecule has 0 radical (unpaired) electrons. The second-order valence-electron chi connectivity index (χ2n) is 7.30. The van der Waals surface area contributed by atoms with Crippen molar-refractivity contribution in [3.8, 4) is 16.9 Å². The lowest BCUT2D eigenvalue weighted by atomic mass is 10.1. The van der Waals surface area contributed by atoms with Gasteiger partial charge in [-0.2, -0.15) is 5.10 Å². The standard InChI is InChI=1S/C24H26N4O2/c29-18-17-26-13-15-27(16-14-26)23(30)12-11-21-19-28(22-9-5-2-6-10-22)25-24(21)20-7-3-1-4-8-20/h1-12,19,29H,13-18H2/b12-11+. The summed E-state index contributed by atoms with van der Waals surface area (Å²) >= 11 is 0. The zero-order valence-corrected chi connectivity index (χ0v) is 16.9. The third kappa shape index (κ3) is 4.67. The summed E-state index contributed by atoms with van der Waals surface area (Å²) in [5, 5.41) is 13.8. The Hall–Kier alpha value is -3.22. The van der Waals surface area contributed by atoms with Crippen LogP contribution in [0.3, 0.4) is 0 Å². The molecule has 1 aromatic heterocycles. The first-order valence-corrected chi connectivity index (χ1v) is 10.3. The van der Waals surface area contributed by atoms with Crippen molar-refractivity contribution in [1.29, 1.82) is 0 Å². The van der Waals surface area contributed by atoms with Crippen molar-refractivity contribution in [3.63, 3.8) is 0 Å². The SMILES string of the molecule is O=C(/C=C/c1cn(-c2ccccc2)nc1-c1ccccc1)N1CCN(CCO)CC1. The number of hydrogen-bond acceptors (Lipinski definition) is 4. The quantitative estimate of drug-likeness (QED) is 0.644. The van der Waals surface area contributed by atoms with E-state index in [1.165, 1.54) is 0 Å². The van der Waals surface area contributed by atoms with Gasteiger partial charge >= 0.3 is 0 Å². The van der Waals surface area contributed by atoms with Crippen molar-refractivity contribution in [3.05, 3.63) is 78.5 Å². The maximum Gasteiger partial charge on any atom is 0.246 e. The summed E-state index contributed by atoms with van der Waals surface area (Å²) in [6.45, 7) is 3.76. The first kappa shape index (κ1) is 20.1. The van der Waals surface area contributed by atoms with Crippen LogP contribution in [0.4, 0.5) is 0 Å². The molecule has 3 aromatic rings. The Morgan fingerprint density at radius 3 is 2.30 bits per heavy atom. The van der Waals surface area contributed by atoms with Crippen molar-refractivity contribution in [2.24, 2.45) is 0 Å². The number of aliphatic hydroxyl groups excluding tert-OH is 1. The average molecular weight is 402 g/mol. The molecule has 30 heavy (non-hydrogen) atoms. The highest BCUT2D eigenvalue weighted by atomic mass is 16.3. The Morgan fingerprint density at radius 1 is 0.967 bits per heavy atom. The number of aromatic nitrogens is 2. The molecular weight excluding hydrogens is 376 g/mol. The molecule has 1 fully saturated rings. The van der Waals surface area contributed by atoms with Crippen LogP contribution in [-0.2, 0) is 4.79 Å². The molecule has 1 amide bonds. The Bertz CT molecular complexity index is 991. The molecule has 1 aliphatic heterocycles. The fourth-order valence-corrected chi connectivity index (χ4v) is 3.64. The number of aliphatic hydroxyl groups is 1. The van der Waals surface area contributed by atoms with E-state index in [-0.39, 0.29) is 12.5 Å². The van der Waals surface area contributed by atoms with E-state index in [4.69, 9.17) is 10.2 Å². The number of hydrogen-bond donors (Lipinski definition) is 1. The summed E-state index contributed by atoms with van der Waals surface area (Å²) in [5.41, 5.74) is 3.73. The highest BCUT2D eigenvalue weighted by Gasteiger charge is 2.19. The Balaban J connectivity index is 1.55. The van der Waals surface area contributed by atoms with E-state index in [9.17, 15) is 4.79 Å². The summed E-state index contributed by atoms with van der Waals surface area (Å²) in [7, 11) is 0. The average Bonchev–Trinajstić information content (AvgIpc) is 3.24. The number of piperazine rings is 1. The minimum absolute atomic E-state index is 0.00474. The summed E-state index contributed by atoms with van der Waals surface area (Å²) in [4.78, 5) is 16.7. The normalized spacial score (nSPS) is 15.0. The largest absolute Gasteiger partial charge is 0.395 e. The van der Waals surface area contributed by atoms with Crippen molar-refractivity contribution in [2.75, 3.05) is 39.3 Å². The summed E-state index contributed by atoms with van der Waals surface area (Å²) in [5.74, 6) is 0.00474. The maximum atomic E-state index is 12.7. The molecule has 2 aromatic carbocycles. The van der Waals surface area contributed by atoms with E-state index in [0.717, 1.165) is 35.6 Å². The Kier molecular flexibility index (Phi) is 6.37. The van der Waals surface area contributed by atoms with E-state index in [0.29, 0.717) is 19.6 Å². The van der Waals surface area contributed by atoms with Gasteiger partial charge in [0.1, 0.15) is 0 Å². The Labute approximate surface area is 176 Å². The molecule has 154 valence electrons. The zero-order valence-electron chi connectivity index (χ0n) is 16.9. The van der Waals surface area contributed by atoms with Crippen molar-refractivity contribution >= 4 is 12.0 Å². The van der Waals surface area contributed by atoms with Gasteiger partial charge < -0.3 is 10.0 Å². The number of carbonyl (C=O) groups excluding carboxylic acids is 1. The molecule has 4 rings (SSSR count). The maximum absolute atomic E-state index is 12.7. The summed E-state index contributed by atoms with van der Waals surface area (Å²) in [6.07, 6.45) is 5.46. The highest BCUT2D eigenvalue weighted by Crippen LogP contribution is 2.24. The molecule has 6 nitrogen and oxygen atoms in total. The van der Waals surface area contributed by atoms with Crippen LogP contribution in [0.25, 0.3) is 23.0 Å². The van der Waals surface area contributed by atoms with E-state index in [2.05, 4.69) is 4.90 Å². The number of carbonyl (C=O) groups is 1. The van der Waals surface area contributed by atoms with E-state index in [1.807, 2.05) is 82.5 Å². The van der Waals surface area contributed by atoms with Crippen molar-refractivity contribution in [2.45, 2.75) is 0 Å². The zero-order chi connectivity index (χ0) is 20.8. The van der Waals surface area contributed by atoms with Gasteiger partial charge in [-0.05, 0) is 18.2 Å². The second kappa shape index (κ2) is 9.52. The van der Waals surface area contributed by atoms with Crippen LogP contribution in [0, 0.1) is 0 Å². The Morgan fingerprint density at radius 2 is 1.63 bits per heavy atom. The number of para-hydroxylation sites is 1. The lowest BCUT2D eigenvalue weighted by Crippen LogP contribution is -2.48. The van der Waals surface area contributed by atoms with Crippen LogP contribution in [0.1, 0.15) is 5.56 Å². The molecule has 0 bridgehead atoms. The molecule has 1 aliphatic rings. The molecule has 0 spiro atoms. The molecule has 0 unspecified atom stereocenters. The fourth-order valence-electron chi connectivity index (χ4n) is 3.64. The van der Waals surface area contributed by atoms with Gasteiger partial charge in [-0.15, -0.1) is 0 Å². The smallest absolute Gasteiger partial charge is 0.246 e. The molecular formula is C24H26N4O2. The van der Waals surface area contributed by atoms with Crippen LogP contribution >= 0.6 is 0 Å². The molecule has 1 N–H and O–H groups in total. The molecule has 0 atom stereocenters. The topological polar surface area (TPSA) is 61.6 Å². The highest BCUT2D eigenvalue weighted by molar-refractivity contribution is 5.93. The number of β-amino-alcohol motifs (C(OH)–C–C–N with tert-alkyl or cyclic N) is 1. The van der Waals surface area contributed by atoms with Crippen LogP contribution in [0.5, 0.6) is 0 Å². The molecule has 2 heterocycles. The van der Waals surface area contributed by atoms with Crippen LogP contribution < -0.4 is 0 Å². The van der Waals surface area contributed by atoms with E-state index >= 15 is 0 Å². The minimum atomic E-state index is 0.00474. The minimum Gasteiger partial charge on any atom is -0.395 e. The van der Waals surface area contributed by atoms with Crippen molar-refractivity contribution in [1.82, 2.24) is 19.6 Å². The lowest BCUT2D eigenvalue weighted by molar-refractivity contribution is -0.127. The molecule has 1 saturated heterocycles. The van der Waals surface area contributed by atoms with Gasteiger partial charge in [0.2, 0.25) is 5.91 Å². The van der Waals surface area contributed by atoms with Gasteiger partial charge in [-0.3, -0.25) is 9.69 Å². The monoisotopic (exact) mass is 402 g/mol. The third-order valence-corrected chi connectivity index (χ3v) is 5.32. The number of amides is 1. The number of rotatable bonds is 6. The van der Waals surface area contributed by atoms with Gasteiger partial charge in [-0.25, -0.2) is 4.68 Å². The van der Waals surface area contributed by atoms with Crippen molar-refractivity contribution < 1.29 is 9.90 Å². The van der Waals surface area contributed by atoms with Gasteiger partial charge in [0.25, 0.3) is 0 Å². The number of nitrogens with zero attached hydrogens (tertiary/aromatic N) is 4. The first-order valence-electron chi connectivity index (χ1n) is 10.3. The summed E-state index contributed by atoms with van der Waals surface area (Å²) in [6, 6.07) is 20.0. The molecule has 0 saturated carbocycles. The fraction of sp³-hybridized carbons (Fsp3) is 0.250. The molecule has 6 heteroatoms. The lowest BCUT2D eigenvalue weighted by Gasteiger charge is -2.33. The predicted molar refractivity (Wildman–Crippen MR) is 118 cm³/mol. The van der Waals surface area contributed by atoms with E-state index < -0.39 is 0 Å². The van der Waals surface area contributed by atoms with Crippen LogP contribution in [0.2, 0.25) is 0 Å². The van der Waals surface area contributed by atoms with Crippen LogP contribution in [0.15, 0.2) is 72.9 Å². The van der Waals surface area contributed by atoms with Crippen LogP contribution in [-0.4, -0.2) is 69.9 Å². The molecule has 0 aliphatic carbocycles. The number of benzene rings is 2. The van der Waals surface area contributed by atoms with E-state index in [1.54, 1.807) is 6.08 Å². The third-order valence-electron chi connectivity index (χ3n) is 5.32. The van der Waals surface area contributed by atoms with Gasteiger partial charge in [0.05, 0.1) is 18.0 Å².